The summed E-state index contributed by atoms with van der Waals surface area (Å²) in [6, 6.07) is 0. The van der Waals surface area contributed by atoms with Crippen LogP contribution in [0.5, 0.6) is 0 Å². The minimum Gasteiger partial charge on any atom is -0.377 e. The highest BCUT2D eigenvalue weighted by Gasteiger charge is 2.08. The molecule has 1 saturated heterocycles. The van der Waals surface area contributed by atoms with Gasteiger partial charge in [-0.15, -0.1) is 0 Å². The Morgan fingerprint density at radius 2 is 1.82 bits per heavy atom. The molecule has 0 aromatic heterocycles. The van der Waals surface area contributed by atoms with Crippen molar-refractivity contribution in [1.82, 2.24) is 4.90 Å². The SMILES string of the molecule is CC(=O)C(C)=CN1CCCC1. The molecule has 62 valence electrons. The zero-order valence-electron chi connectivity index (χ0n) is 7.26. The van der Waals surface area contributed by atoms with Crippen LogP contribution in [0.4, 0.5) is 0 Å². The second kappa shape index (κ2) is 3.56. The Kier molecular flexibility index (Phi) is 2.69. The van der Waals surface area contributed by atoms with Gasteiger partial charge < -0.3 is 4.90 Å². The van der Waals surface area contributed by atoms with Gasteiger partial charge in [0, 0.05) is 24.9 Å². The maximum absolute atomic E-state index is 10.8. The molecule has 2 heteroatoms. The summed E-state index contributed by atoms with van der Waals surface area (Å²) in [5.74, 6) is 0.178. The summed E-state index contributed by atoms with van der Waals surface area (Å²) in [6.45, 7) is 5.72. The molecule has 0 atom stereocenters. The van der Waals surface area contributed by atoms with Crippen LogP contribution >= 0.6 is 0 Å². The number of ketones is 1. The van der Waals surface area contributed by atoms with Crippen LogP contribution in [0.2, 0.25) is 0 Å². The summed E-state index contributed by atoms with van der Waals surface area (Å²) >= 11 is 0. The Morgan fingerprint density at radius 3 is 2.27 bits per heavy atom. The van der Waals surface area contributed by atoms with Gasteiger partial charge in [0.1, 0.15) is 0 Å². The van der Waals surface area contributed by atoms with Gasteiger partial charge in [-0.2, -0.15) is 0 Å². The molecular weight excluding hydrogens is 138 g/mol. The summed E-state index contributed by atoms with van der Waals surface area (Å²) < 4.78 is 0. The molecule has 1 aliphatic heterocycles. The van der Waals surface area contributed by atoms with Gasteiger partial charge in [-0.1, -0.05) is 0 Å². The van der Waals surface area contributed by atoms with Crippen molar-refractivity contribution >= 4 is 5.78 Å². The second-order valence-corrected chi connectivity index (χ2v) is 3.11. The van der Waals surface area contributed by atoms with E-state index in [9.17, 15) is 4.79 Å². The lowest BCUT2D eigenvalue weighted by atomic mass is 10.2. The van der Waals surface area contributed by atoms with Crippen LogP contribution in [-0.2, 0) is 4.79 Å². The van der Waals surface area contributed by atoms with Crippen molar-refractivity contribution in [1.29, 1.82) is 0 Å². The highest BCUT2D eigenvalue weighted by Crippen LogP contribution is 2.09. The smallest absolute Gasteiger partial charge is 0.156 e. The fourth-order valence-corrected chi connectivity index (χ4v) is 1.24. The van der Waals surface area contributed by atoms with Gasteiger partial charge in [0.05, 0.1) is 0 Å². The fourth-order valence-electron chi connectivity index (χ4n) is 1.24. The van der Waals surface area contributed by atoms with Gasteiger partial charge in [-0.05, 0) is 26.7 Å². The van der Waals surface area contributed by atoms with E-state index < -0.39 is 0 Å². The number of carbonyl (C=O) groups is 1. The molecule has 1 heterocycles. The molecule has 0 aliphatic carbocycles. The van der Waals surface area contributed by atoms with Crippen LogP contribution in [0.1, 0.15) is 26.7 Å². The van der Waals surface area contributed by atoms with Crippen LogP contribution in [0, 0.1) is 0 Å². The van der Waals surface area contributed by atoms with Crippen molar-refractivity contribution in [2.45, 2.75) is 26.7 Å². The first-order valence-electron chi connectivity index (χ1n) is 4.13. The van der Waals surface area contributed by atoms with E-state index in [0.29, 0.717) is 0 Å². The van der Waals surface area contributed by atoms with Crippen LogP contribution in [-0.4, -0.2) is 23.8 Å². The quantitative estimate of drug-likeness (QED) is 0.561. The number of likely N-dealkylation sites (tertiary alicyclic amines) is 1. The first kappa shape index (κ1) is 8.31. The van der Waals surface area contributed by atoms with Gasteiger partial charge in [-0.3, -0.25) is 4.79 Å². The van der Waals surface area contributed by atoms with Crippen LogP contribution in [0.3, 0.4) is 0 Å². The zero-order valence-corrected chi connectivity index (χ0v) is 7.26. The molecule has 1 aliphatic rings. The number of nitrogens with zero attached hydrogens (tertiary/aromatic N) is 1. The highest BCUT2D eigenvalue weighted by atomic mass is 16.1. The fraction of sp³-hybridized carbons (Fsp3) is 0.667. The average Bonchev–Trinajstić information content (AvgIpc) is 2.39. The molecule has 0 spiro atoms. The number of allylic oxidation sites excluding steroid dienone is 1. The third-order valence-electron chi connectivity index (χ3n) is 2.07. The van der Waals surface area contributed by atoms with E-state index in [1.807, 2.05) is 13.1 Å². The third-order valence-corrected chi connectivity index (χ3v) is 2.07. The Hall–Kier alpha value is -0.790. The van der Waals surface area contributed by atoms with Gasteiger partial charge in [-0.25, -0.2) is 0 Å². The number of Topliss-reactive ketones (excluding diaryl/α,β-unsaturated/α-hetero) is 1. The number of hydrogen-bond donors (Lipinski definition) is 0. The van der Waals surface area contributed by atoms with Crippen molar-refractivity contribution < 1.29 is 4.79 Å². The molecule has 1 fully saturated rings. The lowest BCUT2D eigenvalue weighted by Crippen LogP contribution is -2.12. The zero-order chi connectivity index (χ0) is 8.27. The van der Waals surface area contributed by atoms with Crippen LogP contribution in [0.15, 0.2) is 11.8 Å². The van der Waals surface area contributed by atoms with E-state index in [0.717, 1.165) is 18.7 Å². The number of rotatable bonds is 2. The van der Waals surface area contributed by atoms with Gasteiger partial charge in [0.15, 0.2) is 5.78 Å². The maximum Gasteiger partial charge on any atom is 0.156 e. The van der Waals surface area contributed by atoms with E-state index in [-0.39, 0.29) is 5.78 Å². The Balaban J connectivity index is 2.49. The predicted molar refractivity (Wildman–Crippen MR) is 45.2 cm³/mol. The lowest BCUT2D eigenvalue weighted by molar-refractivity contribution is -0.113. The average molecular weight is 153 g/mol. The molecule has 2 nitrogen and oxygen atoms in total. The van der Waals surface area contributed by atoms with E-state index in [4.69, 9.17) is 0 Å². The second-order valence-electron chi connectivity index (χ2n) is 3.11. The van der Waals surface area contributed by atoms with E-state index in [2.05, 4.69) is 4.90 Å². The van der Waals surface area contributed by atoms with Crippen LogP contribution < -0.4 is 0 Å². The van der Waals surface area contributed by atoms with Gasteiger partial charge in [0.25, 0.3) is 0 Å². The Morgan fingerprint density at radius 1 is 1.27 bits per heavy atom. The van der Waals surface area contributed by atoms with Gasteiger partial charge >= 0.3 is 0 Å². The van der Waals surface area contributed by atoms with Crippen LogP contribution in [0.25, 0.3) is 0 Å². The highest BCUT2D eigenvalue weighted by molar-refractivity contribution is 5.92. The van der Waals surface area contributed by atoms with E-state index in [1.165, 1.54) is 12.8 Å². The number of carbonyl (C=O) groups excluding carboxylic acids is 1. The van der Waals surface area contributed by atoms with Crippen molar-refractivity contribution in [3.05, 3.63) is 11.8 Å². The molecule has 0 aromatic rings. The normalized spacial score (nSPS) is 19.1. The largest absolute Gasteiger partial charge is 0.377 e. The minimum absolute atomic E-state index is 0.178. The molecular formula is C9H15NO. The Bertz CT molecular complexity index is 178. The standard InChI is InChI=1S/C9H15NO/c1-8(9(2)11)7-10-5-3-4-6-10/h7H,3-6H2,1-2H3. The summed E-state index contributed by atoms with van der Waals surface area (Å²) in [7, 11) is 0. The summed E-state index contributed by atoms with van der Waals surface area (Å²) in [6.07, 6.45) is 4.51. The van der Waals surface area contributed by atoms with Gasteiger partial charge in [0.2, 0.25) is 0 Å². The third kappa shape index (κ3) is 2.37. The van der Waals surface area contributed by atoms with E-state index >= 15 is 0 Å². The molecule has 0 N–H and O–H groups in total. The van der Waals surface area contributed by atoms with E-state index in [1.54, 1.807) is 6.92 Å². The monoisotopic (exact) mass is 153 g/mol. The molecule has 0 unspecified atom stereocenters. The van der Waals surface area contributed by atoms with Crippen molar-refractivity contribution in [2.24, 2.45) is 0 Å². The molecule has 0 amide bonds. The molecule has 11 heavy (non-hydrogen) atoms. The Labute approximate surface area is 67.9 Å². The van der Waals surface area contributed by atoms with Crippen molar-refractivity contribution in [3.8, 4) is 0 Å². The predicted octanol–water partition coefficient (Wildman–Crippen LogP) is 1.57. The molecule has 0 saturated carbocycles. The topological polar surface area (TPSA) is 20.3 Å². The maximum atomic E-state index is 10.8. The molecule has 1 rings (SSSR count). The first-order valence-corrected chi connectivity index (χ1v) is 4.13. The summed E-state index contributed by atoms with van der Waals surface area (Å²) in [5.41, 5.74) is 0.868. The number of hydrogen-bond acceptors (Lipinski definition) is 2. The first-order chi connectivity index (χ1) is 5.20. The van der Waals surface area contributed by atoms with Crippen molar-refractivity contribution in [2.75, 3.05) is 13.1 Å². The summed E-state index contributed by atoms with van der Waals surface area (Å²) in [4.78, 5) is 13.1. The summed E-state index contributed by atoms with van der Waals surface area (Å²) in [5, 5.41) is 0. The molecule has 0 bridgehead atoms. The molecule has 0 radical (unpaired) electrons. The molecule has 0 aromatic carbocycles. The lowest BCUT2D eigenvalue weighted by Gasteiger charge is -2.11. The van der Waals surface area contributed by atoms with Crippen molar-refractivity contribution in [3.63, 3.8) is 0 Å². The minimum atomic E-state index is 0.178.